The first-order valence-electron chi connectivity index (χ1n) is 8.52. The molecule has 0 saturated carbocycles. The average Bonchev–Trinajstić information content (AvgIpc) is 2.33. The first-order valence-corrected chi connectivity index (χ1v) is 11.4. The van der Waals surface area contributed by atoms with Crippen LogP contribution in [0.2, 0.25) is 18.1 Å². The normalized spacial score (nSPS) is 23.8. The van der Waals surface area contributed by atoms with E-state index in [0.717, 1.165) is 0 Å². The van der Waals surface area contributed by atoms with E-state index < -0.39 is 32.2 Å². The van der Waals surface area contributed by atoms with Crippen molar-refractivity contribution in [2.45, 2.75) is 90.3 Å². The lowest BCUT2D eigenvalue weighted by molar-refractivity contribution is -0.0158. The monoisotopic (exact) mass is 347 g/mol. The van der Waals surface area contributed by atoms with Gasteiger partial charge in [0.1, 0.15) is 11.8 Å². The maximum absolute atomic E-state index is 14.4. The fourth-order valence-electron chi connectivity index (χ4n) is 2.26. The van der Waals surface area contributed by atoms with Gasteiger partial charge in [-0.1, -0.05) is 20.8 Å². The lowest BCUT2D eigenvalue weighted by Gasteiger charge is -2.42. The molecule has 0 aliphatic carbocycles. The summed E-state index contributed by atoms with van der Waals surface area (Å²) < 4.78 is 26.0. The first kappa shape index (κ1) is 20.4. The van der Waals surface area contributed by atoms with Crippen LogP contribution in [0.25, 0.3) is 0 Å². The molecule has 1 rings (SSSR count). The number of ether oxygens (including phenoxy) is 1. The van der Waals surface area contributed by atoms with Crippen molar-refractivity contribution >= 4 is 14.4 Å². The zero-order chi connectivity index (χ0) is 18.1. The van der Waals surface area contributed by atoms with Crippen LogP contribution in [0.3, 0.4) is 0 Å². The summed E-state index contributed by atoms with van der Waals surface area (Å²) in [5.74, 6) is 0. The van der Waals surface area contributed by atoms with Crippen LogP contribution in [0.1, 0.15) is 54.4 Å². The van der Waals surface area contributed by atoms with Gasteiger partial charge in [0.2, 0.25) is 0 Å². The van der Waals surface area contributed by atoms with Crippen molar-refractivity contribution < 1.29 is 18.3 Å². The summed E-state index contributed by atoms with van der Waals surface area (Å²) in [6, 6.07) is -0.548. The van der Waals surface area contributed by atoms with Crippen LogP contribution in [0, 0.1) is 0 Å². The fourth-order valence-corrected chi connectivity index (χ4v) is 3.28. The molecule has 0 bridgehead atoms. The number of likely N-dealkylation sites (tertiary alicyclic amines) is 1. The van der Waals surface area contributed by atoms with E-state index in [0.29, 0.717) is 19.4 Å². The highest BCUT2D eigenvalue weighted by Crippen LogP contribution is 2.37. The number of rotatable bonds is 3. The highest BCUT2D eigenvalue weighted by Gasteiger charge is 2.41. The Morgan fingerprint density at radius 1 is 1.22 bits per heavy atom. The Balaban J connectivity index is 2.80. The van der Waals surface area contributed by atoms with Gasteiger partial charge in [0.05, 0.1) is 12.6 Å². The Morgan fingerprint density at radius 3 is 2.26 bits per heavy atom. The third-order valence-electron chi connectivity index (χ3n) is 4.75. The second kappa shape index (κ2) is 7.09. The van der Waals surface area contributed by atoms with E-state index in [1.54, 1.807) is 0 Å². The molecule has 0 unspecified atom stereocenters. The minimum atomic E-state index is -1.98. The number of alkyl halides is 1. The van der Waals surface area contributed by atoms with Crippen molar-refractivity contribution in [2.24, 2.45) is 0 Å². The molecule has 0 aromatic rings. The average molecular weight is 348 g/mol. The maximum Gasteiger partial charge on any atom is 0.410 e. The van der Waals surface area contributed by atoms with E-state index in [1.807, 2.05) is 20.8 Å². The smallest absolute Gasteiger partial charge is 0.410 e. The molecule has 0 aromatic heterocycles. The van der Waals surface area contributed by atoms with Crippen molar-refractivity contribution in [3.05, 3.63) is 0 Å². The van der Waals surface area contributed by atoms with Gasteiger partial charge in [-0.05, 0) is 51.7 Å². The topological polar surface area (TPSA) is 38.8 Å². The van der Waals surface area contributed by atoms with Gasteiger partial charge in [-0.3, -0.25) is 0 Å². The van der Waals surface area contributed by atoms with Crippen LogP contribution < -0.4 is 0 Å². The van der Waals surface area contributed by atoms with E-state index in [2.05, 4.69) is 33.9 Å². The van der Waals surface area contributed by atoms with Crippen molar-refractivity contribution in [3.8, 4) is 0 Å². The number of hydrogen-bond donors (Lipinski definition) is 0. The maximum atomic E-state index is 14.4. The Bertz CT molecular complexity index is 415. The lowest BCUT2D eigenvalue weighted by Crippen LogP contribution is -2.55. The zero-order valence-electron chi connectivity index (χ0n) is 16.0. The van der Waals surface area contributed by atoms with Crippen molar-refractivity contribution in [2.75, 3.05) is 13.2 Å². The number of carbonyl (C=O) groups is 1. The molecule has 6 heteroatoms. The molecule has 1 saturated heterocycles. The Morgan fingerprint density at radius 2 is 1.78 bits per heavy atom. The van der Waals surface area contributed by atoms with Crippen LogP contribution in [0.4, 0.5) is 9.18 Å². The second-order valence-corrected chi connectivity index (χ2v) is 13.8. The minimum Gasteiger partial charge on any atom is -0.444 e. The van der Waals surface area contributed by atoms with Gasteiger partial charge >= 0.3 is 6.09 Å². The van der Waals surface area contributed by atoms with Crippen molar-refractivity contribution in [1.82, 2.24) is 4.90 Å². The molecule has 1 heterocycles. The van der Waals surface area contributed by atoms with Crippen molar-refractivity contribution in [1.29, 1.82) is 0 Å². The summed E-state index contributed by atoms with van der Waals surface area (Å²) in [5.41, 5.74) is -0.578. The van der Waals surface area contributed by atoms with Gasteiger partial charge in [-0.15, -0.1) is 0 Å². The molecule has 1 fully saturated rings. The Labute approximate surface area is 141 Å². The van der Waals surface area contributed by atoms with Crippen LogP contribution in [-0.4, -0.2) is 50.3 Å². The third kappa shape index (κ3) is 5.75. The molecule has 0 radical (unpaired) electrons. The second-order valence-electron chi connectivity index (χ2n) is 8.97. The minimum absolute atomic E-state index is 0.0597. The van der Waals surface area contributed by atoms with Gasteiger partial charge in [-0.2, -0.15) is 0 Å². The number of halogens is 1. The molecular weight excluding hydrogens is 313 g/mol. The number of amides is 1. The summed E-state index contributed by atoms with van der Waals surface area (Å²) in [4.78, 5) is 13.9. The zero-order valence-corrected chi connectivity index (χ0v) is 17.0. The SMILES string of the molecule is CC(C)(C)OC(=O)N1CCC[C@@H](F)[C@H]1CO[Si](C)(C)C(C)(C)C. The van der Waals surface area contributed by atoms with Gasteiger partial charge in [0, 0.05) is 6.54 Å². The molecule has 2 atom stereocenters. The Hall–Kier alpha value is -0.623. The molecule has 1 aliphatic rings. The van der Waals surface area contributed by atoms with Gasteiger partial charge in [-0.25, -0.2) is 9.18 Å². The molecule has 136 valence electrons. The van der Waals surface area contributed by atoms with Gasteiger partial charge in [0.15, 0.2) is 8.32 Å². The molecule has 0 spiro atoms. The summed E-state index contributed by atoms with van der Waals surface area (Å²) >= 11 is 0. The van der Waals surface area contributed by atoms with E-state index in [4.69, 9.17) is 9.16 Å². The van der Waals surface area contributed by atoms with Crippen molar-refractivity contribution in [3.63, 3.8) is 0 Å². The molecule has 4 nitrogen and oxygen atoms in total. The molecule has 23 heavy (non-hydrogen) atoms. The third-order valence-corrected chi connectivity index (χ3v) is 9.25. The molecule has 1 aliphatic heterocycles. The quantitative estimate of drug-likeness (QED) is 0.692. The predicted molar refractivity (Wildman–Crippen MR) is 94.0 cm³/mol. The fraction of sp³-hybridized carbons (Fsp3) is 0.941. The van der Waals surface area contributed by atoms with Crippen LogP contribution >= 0.6 is 0 Å². The first-order chi connectivity index (χ1) is 10.2. The molecule has 0 aromatic carbocycles. The summed E-state index contributed by atoms with van der Waals surface area (Å²) in [7, 11) is -1.98. The van der Waals surface area contributed by atoms with Gasteiger partial charge < -0.3 is 14.1 Å². The van der Waals surface area contributed by atoms with Crippen LogP contribution in [0.15, 0.2) is 0 Å². The number of nitrogens with zero attached hydrogens (tertiary/aromatic N) is 1. The highest BCUT2D eigenvalue weighted by molar-refractivity contribution is 6.74. The van der Waals surface area contributed by atoms with Crippen LogP contribution in [0.5, 0.6) is 0 Å². The summed E-state index contributed by atoms with van der Waals surface area (Å²) in [5, 5.41) is 0.0597. The summed E-state index contributed by atoms with van der Waals surface area (Å²) in [6.45, 7) is 17.0. The van der Waals surface area contributed by atoms with E-state index in [-0.39, 0.29) is 11.6 Å². The Kier molecular flexibility index (Phi) is 6.30. The molecule has 1 amide bonds. The number of carbonyl (C=O) groups excluding carboxylic acids is 1. The largest absolute Gasteiger partial charge is 0.444 e. The highest BCUT2D eigenvalue weighted by atomic mass is 28.4. The number of hydrogen-bond acceptors (Lipinski definition) is 3. The van der Waals surface area contributed by atoms with E-state index >= 15 is 0 Å². The molecule has 0 N–H and O–H groups in total. The van der Waals surface area contributed by atoms with E-state index in [1.165, 1.54) is 4.90 Å². The van der Waals surface area contributed by atoms with E-state index in [9.17, 15) is 9.18 Å². The summed E-state index contributed by atoms with van der Waals surface area (Å²) in [6.07, 6.45) is -0.355. The number of piperidine rings is 1. The molecular formula is C17H34FNO3Si. The van der Waals surface area contributed by atoms with Crippen LogP contribution in [-0.2, 0) is 9.16 Å². The van der Waals surface area contributed by atoms with Gasteiger partial charge in [0.25, 0.3) is 0 Å². The predicted octanol–water partition coefficient (Wildman–Crippen LogP) is 4.75. The standard InChI is InChI=1S/C17H34FNO3Si/c1-16(2,3)22-15(20)19-11-9-10-13(18)14(19)12-21-23(7,8)17(4,5)6/h13-14H,9-12H2,1-8H3/t13-,14-/m1/s1. The lowest BCUT2D eigenvalue weighted by atomic mass is 10.0.